The molecule has 0 aromatic carbocycles. The Balaban J connectivity index is -0.000000322. The van der Waals surface area contributed by atoms with Gasteiger partial charge in [-0.2, -0.15) is 5.26 Å². The van der Waals surface area contributed by atoms with E-state index in [9.17, 15) is 38.4 Å². The lowest BCUT2D eigenvalue weighted by Gasteiger charge is -2.18. The molecule has 0 rings (SSSR count). The molecule has 28 heteroatoms. The molecule has 0 bridgehead atoms. The molecule has 0 aromatic rings. The van der Waals surface area contributed by atoms with E-state index < -0.39 is 79.4 Å². The predicted octanol–water partition coefficient (Wildman–Crippen LogP) is 5.44. The number of ether oxygens (including phenoxy) is 15. The molecule has 0 saturated heterocycles. The zero-order valence-corrected chi connectivity index (χ0v) is 44.4. The highest BCUT2D eigenvalue weighted by Gasteiger charge is 2.19. The summed E-state index contributed by atoms with van der Waals surface area (Å²) in [4.78, 5) is 101. The smallest absolute Gasteiger partial charge is 0.459 e. The van der Waals surface area contributed by atoms with Crippen molar-refractivity contribution < 1.29 is 114 Å². The fraction of sp³-hybridized carbons (Fsp3) is 0.773. The van der Waals surface area contributed by atoms with E-state index in [-0.39, 0.29) is 83.9 Å². The number of nitriles is 1. The molecule has 72 heavy (non-hydrogen) atoms. The number of rotatable bonds is 25. The van der Waals surface area contributed by atoms with Crippen LogP contribution in [0, 0.1) is 11.5 Å². The van der Waals surface area contributed by atoms with Gasteiger partial charge in [0.1, 0.15) is 62.5 Å². The Morgan fingerprint density at radius 2 is 0.736 bits per heavy atom. The summed E-state index contributed by atoms with van der Waals surface area (Å²) in [6, 6.07) is 0. The number of hydrogen-bond donors (Lipinski definition) is 2. The second kappa shape index (κ2) is 50.5. The van der Waals surface area contributed by atoms with E-state index in [0.717, 1.165) is 0 Å². The molecular weight excluding hydrogens is 968 g/mol. The maximum Gasteiger partial charge on any atom is 0.508 e. The molecule has 418 valence electrons. The summed E-state index contributed by atoms with van der Waals surface area (Å²) in [5.74, 6) is -0.761. The first-order chi connectivity index (χ1) is 33.8. The number of isocyanates is 1. The van der Waals surface area contributed by atoms with Crippen LogP contribution in [0.25, 0.3) is 0 Å². The molecule has 0 aliphatic carbocycles. The summed E-state index contributed by atoms with van der Waals surface area (Å²) in [5.41, 5.74) is 0. The number of nitrogens with one attached hydrogen (secondary N) is 2. The number of methoxy groups -OCH3 is 1. The molecule has 28 nitrogen and oxygen atoms in total. The van der Waals surface area contributed by atoms with E-state index in [1.165, 1.54) is 40.6 Å². The molecule has 0 radical (unpaired) electrons. The van der Waals surface area contributed by atoms with Gasteiger partial charge in [-0.05, 0) is 69.2 Å². The average Bonchev–Trinajstić information content (AvgIpc) is 3.32. The fourth-order valence-corrected chi connectivity index (χ4v) is 3.64. The Hall–Kier alpha value is -6.85. The van der Waals surface area contributed by atoms with Gasteiger partial charge < -0.3 is 81.7 Å². The van der Waals surface area contributed by atoms with Crippen LogP contribution in [0.1, 0.15) is 95.9 Å². The van der Waals surface area contributed by atoms with Crippen molar-refractivity contribution in [1.29, 1.82) is 5.26 Å². The topological polar surface area (TPSA) is 352 Å². The first-order valence-electron chi connectivity index (χ1n) is 22.4. The van der Waals surface area contributed by atoms with E-state index >= 15 is 0 Å². The molecule has 2 N–H and O–H groups in total. The van der Waals surface area contributed by atoms with Gasteiger partial charge in [-0.25, -0.2) is 38.6 Å². The molecular formula is C44H78N4O24. The molecule has 0 saturated carbocycles. The highest BCUT2D eigenvalue weighted by Crippen LogP contribution is 2.04. The fourth-order valence-electron chi connectivity index (χ4n) is 3.64. The summed E-state index contributed by atoms with van der Waals surface area (Å²) >= 11 is 0. The molecule has 0 spiro atoms. The Kier molecular flexibility index (Phi) is 52.0. The maximum absolute atomic E-state index is 11.6. The van der Waals surface area contributed by atoms with Crippen LogP contribution in [0.3, 0.4) is 0 Å². The van der Waals surface area contributed by atoms with E-state index in [1.807, 2.05) is 0 Å². The van der Waals surface area contributed by atoms with Crippen molar-refractivity contribution in [3.05, 3.63) is 0 Å². The number of carbonyl (C=O) groups is 8. The Morgan fingerprint density at radius 1 is 0.472 bits per heavy atom. The second-order valence-corrected chi connectivity index (χ2v) is 14.2. The number of amides is 2. The zero-order valence-electron chi connectivity index (χ0n) is 44.4. The van der Waals surface area contributed by atoms with Gasteiger partial charge in [-0.3, -0.25) is 9.59 Å². The van der Waals surface area contributed by atoms with Crippen LogP contribution in [-0.4, -0.2) is 185 Å². The van der Waals surface area contributed by atoms with Crippen LogP contribution in [-0.2, 0) is 85.4 Å². The Labute approximate surface area is 421 Å². The van der Waals surface area contributed by atoms with Crippen molar-refractivity contribution in [2.45, 2.75) is 145 Å². The summed E-state index contributed by atoms with van der Waals surface area (Å²) < 4.78 is 72.9. The molecule has 0 aliphatic rings. The number of alkyl carbamates (subject to hydrolysis) is 2. The lowest BCUT2D eigenvalue weighted by atomic mass is 10.4. The number of carbonyl (C=O) groups excluding carboxylic acids is 9. The van der Waals surface area contributed by atoms with Crippen molar-refractivity contribution in [3.8, 4) is 6.26 Å². The van der Waals surface area contributed by atoms with Crippen molar-refractivity contribution in [3.63, 3.8) is 0 Å². The first-order valence-corrected chi connectivity index (χ1v) is 22.4. The maximum atomic E-state index is 11.6. The number of esters is 2. The largest absolute Gasteiger partial charge is 0.508 e. The van der Waals surface area contributed by atoms with Gasteiger partial charge in [0, 0.05) is 34.0 Å². The van der Waals surface area contributed by atoms with E-state index in [2.05, 4.69) is 29.8 Å². The average molecular weight is 1050 g/mol. The summed E-state index contributed by atoms with van der Waals surface area (Å²) in [6.07, 6.45) is -5.40. The minimum atomic E-state index is -0.936. The van der Waals surface area contributed by atoms with Gasteiger partial charge in [0.2, 0.25) is 6.08 Å². The molecule has 0 heterocycles. The van der Waals surface area contributed by atoms with Gasteiger partial charge in [-0.1, -0.05) is 13.8 Å². The third-order valence-corrected chi connectivity index (χ3v) is 6.65. The minimum Gasteiger partial charge on any atom is -0.459 e. The molecule has 7 atom stereocenters. The van der Waals surface area contributed by atoms with Gasteiger partial charge in [0.05, 0.1) is 46.2 Å². The van der Waals surface area contributed by atoms with Crippen molar-refractivity contribution in [1.82, 2.24) is 10.6 Å². The van der Waals surface area contributed by atoms with Gasteiger partial charge in [0.15, 0.2) is 0 Å². The number of hydrogen-bond acceptors (Lipinski definition) is 26. The Bertz CT molecular complexity index is 1530. The third kappa shape index (κ3) is 57.5. The van der Waals surface area contributed by atoms with Crippen LogP contribution < -0.4 is 10.6 Å². The van der Waals surface area contributed by atoms with Crippen LogP contribution in [0.5, 0.6) is 0 Å². The minimum absolute atomic E-state index is 0.0325. The van der Waals surface area contributed by atoms with Crippen LogP contribution in [0.4, 0.5) is 28.8 Å². The van der Waals surface area contributed by atoms with E-state index in [1.54, 1.807) is 83.1 Å². The normalized spacial score (nSPS) is 12.4. The molecule has 0 fully saturated rings. The van der Waals surface area contributed by atoms with E-state index in [4.69, 9.17) is 66.9 Å². The number of aliphatic imine (C=N–C) groups is 1. The standard InChI is InChI=1S/C19H33NO11.C16H28O9.C5H11NO2.2C2H3NO/c1-7-16(21)28-14(4)10-26-18(23)30-12(2)8-25-9-13(3)31-19(24)27-11-15(5)29-17(22)20-6;1-6-14(17)23-13(5)10-22-16(19)25-12(4)9-20-8-11(3)24-15(18)21-7-2;1-4(2)8-5(7)6-3;1-4-2-3;1-3-2-4/h12-15H,7-11H2,1-6H3,(H,20,22);11-13H,6-10H2,1-5H3;4H,1-3H3,(H,6,7);2*1H3. The number of nitrogens with zero attached hydrogens (tertiary/aromatic N) is 2. The Morgan fingerprint density at radius 3 is 0.958 bits per heavy atom. The van der Waals surface area contributed by atoms with Crippen molar-refractivity contribution in [2.75, 3.05) is 81.1 Å². The molecule has 0 aliphatic heterocycles. The van der Waals surface area contributed by atoms with Crippen molar-refractivity contribution in [2.24, 2.45) is 4.99 Å². The van der Waals surface area contributed by atoms with Crippen LogP contribution in [0.15, 0.2) is 4.99 Å². The molecule has 0 aromatic heterocycles. The lowest BCUT2D eigenvalue weighted by molar-refractivity contribution is -0.151. The van der Waals surface area contributed by atoms with E-state index in [0.29, 0.717) is 0 Å². The lowest BCUT2D eigenvalue weighted by Crippen LogP contribution is -2.29. The predicted molar refractivity (Wildman–Crippen MR) is 249 cm³/mol. The van der Waals surface area contributed by atoms with Crippen LogP contribution >= 0.6 is 0 Å². The molecule has 7 unspecified atom stereocenters. The zero-order chi connectivity index (χ0) is 56.5. The first kappa shape index (κ1) is 74.1. The summed E-state index contributed by atoms with van der Waals surface area (Å²) in [7, 11) is 5.64. The third-order valence-electron chi connectivity index (χ3n) is 6.65. The highest BCUT2D eigenvalue weighted by atomic mass is 16.8. The molecule has 2 amide bonds. The van der Waals surface area contributed by atoms with Crippen molar-refractivity contribution >= 4 is 54.8 Å². The van der Waals surface area contributed by atoms with Gasteiger partial charge >= 0.3 is 48.7 Å². The second-order valence-electron chi connectivity index (χ2n) is 14.2. The monoisotopic (exact) mass is 1050 g/mol. The SMILES string of the molecule is CCC(=O)OC(C)COC(=O)OC(C)COCC(C)OC(=O)OCC(C)OC(=O)NC.CCOC(=O)OC(C)COCC(C)OC(=O)OCC(C)OC(=O)CC.CN=C=O.CNC(=O)OC(C)C.COC#N. The quantitative estimate of drug-likeness (QED) is 0.0378. The summed E-state index contributed by atoms with van der Waals surface area (Å²) in [6.45, 7) is 20.0. The summed E-state index contributed by atoms with van der Waals surface area (Å²) in [5, 5.41) is 12.0. The van der Waals surface area contributed by atoms with Gasteiger partial charge in [0.25, 0.3) is 6.26 Å². The van der Waals surface area contributed by atoms with Gasteiger partial charge in [-0.15, -0.1) is 0 Å². The highest BCUT2D eigenvalue weighted by molar-refractivity contribution is 5.69. The van der Waals surface area contributed by atoms with Crippen LogP contribution in [0.2, 0.25) is 0 Å².